The molecule has 2 aromatic carbocycles. The molecule has 2 aromatic rings. The van der Waals surface area contributed by atoms with Crippen molar-refractivity contribution in [2.24, 2.45) is 0 Å². The predicted octanol–water partition coefficient (Wildman–Crippen LogP) is 2.88. The summed E-state index contributed by atoms with van der Waals surface area (Å²) in [6.07, 6.45) is 0.839. The first-order chi connectivity index (χ1) is 13.1. The highest BCUT2D eigenvalue weighted by Gasteiger charge is 2.07. The molecule has 6 heteroatoms. The van der Waals surface area contributed by atoms with Crippen molar-refractivity contribution in [3.05, 3.63) is 60.2 Å². The number of para-hydroxylation sites is 1. The third-order valence-electron chi connectivity index (χ3n) is 3.92. The van der Waals surface area contributed by atoms with Crippen LogP contribution in [-0.4, -0.2) is 45.2 Å². The SMILES string of the molecule is CCOC(=O)c1ccc(OCC(=O)NCCCN(C)c2ccccc2)cc1. The monoisotopic (exact) mass is 370 g/mol. The quantitative estimate of drug-likeness (QED) is 0.514. The number of nitrogens with one attached hydrogen (secondary N) is 1. The summed E-state index contributed by atoms with van der Waals surface area (Å²) in [5.74, 6) is -0.0175. The fraction of sp³-hybridized carbons (Fsp3) is 0.333. The fourth-order valence-electron chi connectivity index (χ4n) is 2.46. The van der Waals surface area contributed by atoms with Crippen molar-refractivity contribution in [2.75, 3.05) is 38.3 Å². The molecule has 27 heavy (non-hydrogen) atoms. The largest absolute Gasteiger partial charge is 0.484 e. The summed E-state index contributed by atoms with van der Waals surface area (Å²) in [6.45, 7) is 3.46. The molecule has 0 heterocycles. The van der Waals surface area contributed by atoms with Crippen molar-refractivity contribution < 1.29 is 19.1 Å². The highest BCUT2D eigenvalue weighted by Crippen LogP contribution is 2.13. The Bertz CT molecular complexity index is 717. The normalized spacial score (nSPS) is 10.1. The smallest absolute Gasteiger partial charge is 0.338 e. The Hall–Kier alpha value is -3.02. The van der Waals surface area contributed by atoms with Crippen LogP contribution < -0.4 is 15.0 Å². The first-order valence-corrected chi connectivity index (χ1v) is 9.03. The maximum absolute atomic E-state index is 11.9. The van der Waals surface area contributed by atoms with E-state index in [1.54, 1.807) is 31.2 Å². The Kier molecular flexibility index (Phi) is 8.16. The van der Waals surface area contributed by atoms with Gasteiger partial charge in [-0.1, -0.05) is 18.2 Å². The number of carbonyl (C=O) groups is 2. The summed E-state index contributed by atoms with van der Waals surface area (Å²) < 4.78 is 10.4. The Balaban J connectivity index is 1.64. The van der Waals surface area contributed by atoms with Crippen molar-refractivity contribution >= 4 is 17.6 Å². The van der Waals surface area contributed by atoms with E-state index in [0.29, 0.717) is 24.5 Å². The van der Waals surface area contributed by atoms with Gasteiger partial charge in [0.2, 0.25) is 0 Å². The minimum Gasteiger partial charge on any atom is -0.484 e. The molecular formula is C21H26N2O4. The number of hydrogen-bond acceptors (Lipinski definition) is 5. The molecule has 0 radical (unpaired) electrons. The lowest BCUT2D eigenvalue weighted by Crippen LogP contribution is -2.31. The lowest BCUT2D eigenvalue weighted by Gasteiger charge is -2.19. The second kappa shape index (κ2) is 10.9. The molecule has 0 fully saturated rings. The molecule has 0 saturated heterocycles. The van der Waals surface area contributed by atoms with Gasteiger partial charge >= 0.3 is 5.97 Å². The Morgan fingerprint density at radius 3 is 2.41 bits per heavy atom. The molecule has 2 rings (SSSR count). The first kappa shape index (κ1) is 20.3. The molecule has 0 aliphatic rings. The number of hydrogen-bond donors (Lipinski definition) is 1. The van der Waals surface area contributed by atoms with Crippen LogP contribution in [0.2, 0.25) is 0 Å². The van der Waals surface area contributed by atoms with Gasteiger partial charge in [0.05, 0.1) is 12.2 Å². The third kappa shape index (κ3) is 7.01. The highest BCUT2D eigenvalue weighted by molar-refractivity contribution is 5.89. The van der Waals surface area contributed by atoms with E-state index < -0.39 is 0 Å². The molecule has 0 aliphatic carbocycles. The fourth-order valence-corrected chi connectivity index (χ4v) is 2.46. The van der Waals surface area contributed by atoms with Gasteiger partial charge < -0.3 is 19.7 Å². The number of benzene rings is 2. The van der Waals surface area contributed by atoms with E-state index in [0.717, 1.165) is 18.7 Å². The summed E-state index contributed by atoms with van der Waals surface area (Å²) in [4.78, 5) is 25.6. The summed E-state index contributed by atoms with van der Waals surface area (Å²) in [6, 6.07) is 16.6. The molecule has 0 bridgehead atoms. The minimum absolute atomic E-state index is 0.0622. The molecule has 0 aliphatic heterocycles. The molecule has 1 N–H and O–H groups in total. The summed E-state index contributed by atoms with van der Waals surface area (Å²) >= 11 is 0. The van der Waals surface area contributed by atoms with Crippen molar-refractivity contribution in [3.63, 3.8) is 0 Å². The predicted molar refractivity (Wildman–Crippen MR) is 105 cm³/mol. The summed E-state index contributed by atoms with van der Waals surface area (Å²) in [5.41, 5.74) is 1.61. The summed E-state index contributed by atoms with van der Waals surface area (Å²) in [5, 5.41) is 2.84. The van der Waals surface area contributed by atoms with Crippen LogP contribution in [0.5, 0.6) is 5.75 Å². The Morgan fingerprint density at radius 1 is 1.04 bits per heavy atom. The van der Waals surface area contributed by atoms with Crippen LogP contribution in [0.15, 0.2) is 54.6 Å². The lowest BCUT2D eigenvalue weighted by atomic mass is 10.2. The zero-order chi connectivity index (χ0) is 19.5. The first-order valence-electron chi connectivity index (χ1n) is 9.03. The Labute approximate surface area is 160 Å². The average Bonchev–Trinajstić information content (AvgIpc) is 2.70. The zero-order valence-electron chi connectivity index (χ0n) is 15.8. The van der Waals surface area contributed by atoms with Crippen LogP contribution >= 0.6 is 0 Å². The van der Waals surface area contributed by atoms with Gasteiger partial charge in [-0.15, -0.1) is 0 Å². The number of ether oxygens (including phenoxy) is 2. The molecular weight excluding hydrogens is 344 g/mol. The van der Waals surface area contributed by atoms with Crippen LogP contribution in [0.3, 0.4) is 0 Å². The van der Waals surface area contributed by atoms with Crippen LogP contribution in [0.4, 0.5) is 5.69 Å². The van der Waals surface area contributed by atoms with Gasteiger partial charge in [0.15, 0.2) is 6.61 Å². The van der Waals surface area contributed by atoms with Crippen LogP contribution in [0.1, 0.15) is 23.7 Å². The standard InChI is InChI=1S/C21H26N2O4/c1-3-26-21(25)17-10-12-19(13-11-17)27-16-20(24)22-14-7-15-23(2)18-8-5-4-6-9-18/h4-6,8-13H,3,7,14-16H2,1-2H3,(H,22,24). The summed E-state index contributed by atoms with van der Waals surface area (Å²) in [7, 11) is 2.03. The van der Waals surface area contributed by atoms with Crippen LogP contribution in [-0.2, 0) is 9.53 Å². The molecule has 0 unspecified atom stereocenters. The second-order valence-corrected chi connectivity index (χ2v) is 5.99. The molecule has 0 saturated carbocycles. The van der Waals surface area contributed by atoms with Gasteiger partial charge in [0.1, 0.15) is 5.75 Å². The van der Waals surface area contributed by atoms with Crippen LogP contribution in [0.25, 0.3) is 0 Å². The number of carbonyl (C=O) groups excluding carboxylic acids is 2. The van der Waals surface area contributed by atoms with Crippen LogP contribution in [0, 0.1) is 0 Å². The average molecular weight is 370 g/mol. The molecule has 0 aromatic heterocycles. The van der Waals surface area contributed by atoms with Gasteiger partial charge in [0, 0.05) is 25.8 Å². The number of rotatable bonds is 10. The number of anilines is 1. The topological polar surface area (TPSA) is 67.9 Å². The van der Waals surface area contributed by atoms with Gasteiger partial charge in [0.25, 0.3) is 5.91 Å². The zero-order valence-corrected chi connectivity index (χ0v) is 15.8. The van der Waals surface area contributed by atoms with E-state index in [4.69, 9.17) is 9.47 Å². The van der Waals surface area contributed by atoms with Gasteiger partial charge in [-0.25, -0.2) is 4.79 Å². The number of nitrogens with zero attached hydrogens (tertiary/aromatic N) is 1. The van der Waals surface area contributed by atoms with Crippen molar-refractivity contribution in [1.29, 1.82) is 0 Å². The second-order valence-electron chi connectivity index (χ2n) is 5.99. The van der Waals surface area contributed by atoms with E-state index in [1.807, 2.05) is 25.2 Å². The lowest BCUT2D eigenvalue weighted by molar-refractivity contribution is -0.123. The maximum Gasteiger partial charge on any atom is 0.338 e. The maximum atomic E-state index is 11.9. The molecule has 144 valence electrons. The molecule has 0 atom stereocenters. The third-order valence-corrected chi connectivity index (χ3v) is 3.92. The van der Waals surface area contributed by atoms with E-state index in [-0.39, 0.29) is 18.5 Å². The highest BCUT2D eigenvalue weighted by atomic mass is 16.5. The molecule has 6 nitrogen and oxygen atoms in total. The van der Waals surface area contributed by atoms with Gasteiger partial charge in [-0.3, -0.25) is 4.79 Å². The van der Waals surface area contributed by atoms with Gasteiger partial charge in [-0.05, 0) is 49.7 Å². The Morgan fingerprint density at radius 2 is 1.74 bits per heavy atom. The molecule has 0 spiro atoms. The van der Waals surface area contributed by atoms with E-state index >= 15 is 0 Å². The molecule has 1 amide bonds. The van der Waals surface area contributed by atoms with Crippen molar-refractivity contribution in [2.45, 2.75) is 13.3 Å². The van der Waals surface area contributed by atoms with Gasteiger partial charge in [-0.2, -0.15) is 0 Å². The van der Waals surface area contributed by atoms with E-state index in [9.17, 15) is 9.59 Å². The minimum atomic E-state index is -0.373. The number of esters is 1. The van der Waals surface area contributed by atoms with E-state index in [1.165, 1.54) is 0 Å². The number of amides is 1. The van der Waals surface area contributed by atoms with E-state index in [2.05, 4.69) is 22.3 Å². The van der Waals surface area contributed by atoms with Crippen molar-refractivity contribution in [1.82, 2.24) is 5.32 Å². The van der Waals surface area contributed by atoms with Crippen molar-refractivity contribution in [3.8, 4) is 5.75 Å².